The molecule has 0 bridgehead atoms. The van der Waals surface area contributed by atoms with Crippen LogP contribution in [0.3, 0.4) is 0 Å². The molecule has 1 aromatic rings. The van der Waals surface area contributed by atoms with Crippen molar-refractivity contribution in [1.82, 2.24) is 4.90 Å². The number of rotatable bonds is 4. The molecule has 0 radical (unpaired) electrons. The molecule has 22 heavy (non-hydrogen) atoms. The Balaban J connectivity index is 2.14. The molecule has 1 N–H and O–H groups in total. The number of carbonyl (C=O) groups excluding carboxylic acids is 1. The third-order valence-electron chi connectivity index (χ3n) is 4.58. The molecule has 1 fully saturated rings. The van der Waals surface area contributed by atoms with Crippen molar-refractivity contribution in [1.29, 1.82) is 0 Å². The first-order valence-corrected chi connectivity index (χ1v) is 7.98. The highest BCUT2D eigenvalue weighted by molar-refractivity contribution is 5.97. The number of aryl methyl sites for hydroxylation is 1. The lowest BCUT2D eigenvalue weighted by Gasteiger charge is -2.22. The lowest BCUT2D eigenvalue weighted by Crippen LogP contribution is -2.33. The van der Waals surface area contributed by atoms with E-state index in [1.807, 2.05) is 4.90 Å². The van der Waals surface area contributed by atoms with Crippen LogP contribution < -0.4 is 0 Å². The Morgan fingerprint density at radius 3 is 2.73 bits per heavy atom. The van der Waals surface area contributed by atoms with Crippen LogP contribution in [-0.2, 0) is 11.2 Å². The highest BCUT2D eigenvalue weighted by atomic mass is 16.4. The van der Waals surface area contributed by atoms with E-state index in [1.165, 1.54) is 6.26 Å². The monoisotopic (exact) mass is 307 g/mol. The molecule has 1 aliphatic rings. The first kappa shape index (κ1) is 16.6. The molecule has 1 atom stereocenters. The van der Waals surface area contributed by atoms with Gasteiger partial charge in [-0.05, 0) is 38.0 Å². The van der Waals surface area contributed by atoms with Crippen LogP contribution in [0.15, 0.2) is 10.7 Å². The second-order valence-corrected chi connectivity index (χ2v) is 6.51. The topological polar surface area (TPSA) is 70.7 Å². The van der Waals surface area contributed by atoms with E-state index in [2.05, 4.69) is 13.8 Å². The predicted octanol–water partition coefficient (Wildman–Crippen LogP) is 3.11. The fourth-order valence-electron chi connectivity index (χ4n) is 3.20. The summed E-state index contributed by atoms with van der Waals surface area (Å²) in [6.45, 7) is 7.72. The summed E-state index contributed by atoms with van der Waals surface area (Å²) in [6.07, 6.45) is 4.37. The van der Waals surface area contributed by atoms with E-state index in [0.29, 0.717) is 23.0 Å². The van der Waals surface area contributed by atoms with Crippen molar-refractivity contribution in [3.8, 4) is 0 Å². The van der Waals surface area contributed by atoms with Gasteiger partial charge in [-0.1, -0.05) is 13.8 Å². The molecule has 2 heterocycles. The van der Waals surface area contributed by atoms with Crippen LogP contribution in [0.4, 0.5) is 0 Å². The highest BCUT2D eigenvalue weighted by Crippen LogP contribution is 2.27. The summed E-state index contributed by atoms with van der Waals surface area (Å²) in [4.78, 5) is 25.6. The van der Waals surface area contributed by atoms with Gasteiger partial charge in [0.2, 0.25) is 0 Å². The van der Waals surface area contributed by atoms with Gasteiger partial charge in [0, 0.05) is 18.7 Å². The third kappa shape index (κ3) is 3.70. The number of amides is 1. The number of hydrogen-bond acceptors (Lipinski definition) is 3. The second-order valence-electron chi connectivity index (χ2n) is 6.51. The summed E-state index contributed by atoms with van der Waals surface area (Å²) in [6, 6.07) is 0. The highest BCUT2D eigenvalue weighted by Gasteiger charge is 2.27. The van der Waals surface area contributed by atoms with Crippen molar-refractivity contribution in [2.45, 2.75) is 46.5 Å². The number of nitrogens with zero attached hydrogens (tertiary/aromatic N) is 1. The average molecular weight is 307 g/mol. The smallest absolute Gasteiger partial charge is 0.311 e. The molecular formula is C17H25NO4. The molecular weight excluding hydrogens is 282 g/mol. The number of carboxylic acid groups (broad SMARTS) is 1. The SMILES string of the molecule is Cc1coc(CC(=O)O)c1C(=O)N1CCCC(C(C)C)CC1. The van der Waals surface area contributed by atoms with E-state index in [4.69, 9.17) is 9.52 Å². The molecule has 1 amide bonds. The molecule has 0 aliphatic carbocycles. The minimum absolute atomic E-state index is 0.0908. The van der Waals surface area contributed by atoms with Crippen LogP contribution in [-0.4, -0.2) is 35.0 Å². The number of hydrogen-bond donors (Lipinski definition) is 1. The molecule has 122 valence electrons. The molecule has 0 saturated carbocycles. The van der Waals surface area contributed by atoms with E-state index in [9.17, 15) is 9.59 Å². The lowest BCUT2D eigenvalue weighted by atomic mass is 9.89. The average Bonchev–Trinajstić information content (AvgIpc) is 2.66. The van der Waals surface area contributed by atoms with Crippen LogP contribution >= 0.6 is 0 Å². The summed E-state index contributed by atoms with van der Waals surface area (Å²) in [5, 5.41) is 8.95. The number of carbonyl (C=O) groups is 2. The minimum atomic E-state index is -0.987. The zero-order valence-electron chi connectivity index (χ0n) is 13.6. The molecule has 0 aromatic carbocycles. The Labute approximate surface area is 131 Å². The first-order valence-electron chi connectivity index (χ1n) is 7.98. The normalized spacial score (nSPS) is 19.3. The van der Waals surface area contributed by atoms with Gasteiger partial charge in [-0.2, -0.15) is 0 Å². The quantitative estimate of drug-likeness (QED) is 0.927. The van der Waals surface area contributed by atoms with Crippen LogP contribution in [0, 0.1) is 18.8 Å². The molecule has 5 nitrogen and oxygen atoms in total. The molecule has 1 aromatic heterocycles. The fourth-order valence-corrected chi connectivity index (χ4v) is 3.20. The number of carboxylic acids is 1. The second kappa shape index (κ2) is 6.99. The van der Waals surface area contributed by atoms with Gasteiger partial charge in [-0.15, -0.1) is 0 Å². The van der Waals surface area contributed by atoms with Crippen LogP contribution in [0.5, 0.6) is 0 Å². The maximum atomic E-state index is 12.8. The molecule has 0 spiro atoms. The summed E-state index contributed by atoms with van der Waals surface area (Å²) in [7, 11) is 0. The van der Waals surface area contributed by atoms with Crippen molar-refractivity contribution >= 4 is 11.9 Å². The van der Waals surface area contributed by atoms with Gasteiger partial charge >= 0.3 is 5.97 Å². The molecule has 5 heteroatoms. The van der Waals surface area contributed by atoms with Gasteiger partial charge in [-0.25, -0.2) is 0 Å². The maximum absolute atomic E-state index is 12.8. The first-order chi connectivity index (χ1) is 10.4. The largest absolute Gasteiger partial charge is 0.481 e. The van der Waals surface area contributed by atoms with Gasteiger partial charge in [0.15, 0.2) is 0 Å². The number of likely N-dealkylation sites (tertiary alicyclic amines) is 1. The molecule has 1 unspecified atom stereocenters. The Bertz CT molecular complexity index is 547. The van der Waals surface area contributed by atoms with Crippen molar-refractivity contribution < 1.29 is 19.1 Å². The summed E-state index contributed by atoms with van der Waals surface area (Å²) in [5.41, 5.74) is 1.15. The van der Waals surface area contributed by atoms with Crippen LogP contribution in [0.25, 0.3) is 0 Å². The fraction of sp³-hybridized carbons (Fsp3) is 0.647. The Kier molecular flexibility index (Phi) is 5.27. The standard InChI is InChI=1S/C17H25NO4/c1-11(2)13-5-4-7-18(8-6-13)17(21)16-12(3)10-22-14(16)9-15(19)20/h10-11,13H,4-9H2,1-3H3,(H,19,20). The van der Waals surface area contributed by atoms with E-state index in [0.717, 1.165) is 32.4 Å². The third-order valence-corrected chi connectivity index (χ3v) is 4.58. The summed E-state index contributed by atoms with van der Waals surface area (Å²) >= 11 is 0. The van der Waals surface area contributed by atoms with E-state index in [1.54, 1.807) is 6.92 Å². The van der Waals surface area contributed by atoms with Crippen molar-refractivity contribution in [2.75, 3.05) is 13.1 Å². The van der Waals surface area contributed by atoms with Gasteiger partial charge in [-0.3, -0.25) is 9.59 Å². The van der Waals surface area contributed by atoms with E-state index >= 15 is 0 Å². The molecule has 1 saturated heterocycles. The van der Waals surface area contributed by atoms with Crippen LogP contribution in [0.2, 0.25) is 0 Å². The molecule has 2 rings (SSSR count). The van der Waals surface area contributed by atoms with E-state index < -0.39 is 5.97 Å². The Hall–Kier alpha value is -1.78. The van der Waals surface area contributed by atoms with Crippen molar-refractivity contribution in [3.63, 3.8) is 0 Å². The molecule has 1 aliphatic heterocycles. The van der Waals surface area contributed by atoms with Gasteiger partial charge in [0.1, 0.15) is 12.2 Å². The summed E-state index contributed by atoms with van der Waals surface area (Å²) < 4.78 is 5.28. The van der Waals surface area contributed by atoms with Gasteiger partial charge < -0.3 is 14.4 Å². The lowest BCUT2D eigenvalue weighted by molar-refractivity contribution is -0.136. The minimum Gasteiger partial charge on any atom is -0.481 e. The number of furan rings is 1. The maximum Gasteiger partial charge on any atom is 0.311 e. The van der Waals surface area contributed by atoms with E-state index in [-0.39, 0.29) is 18.1 Å². The predicted molar refractivity (Wildman–Crippen MR) is 82.9 cm³/mol. The summed E-state index contributed by atoms with van der Waals surface area (Å²) in [5.74, 6) is 0.473. The van der Waals surface area contributed by atoms with Crippen LogP contribution in [0.1, 0.15) is 54.8 Å². The van der Waals surface area contributed by atoms with Gasteiger partial charge in [0.05, 0.1) is 11.8 Å². The van der Waals surface area contributed by atoms with Crippen molar-refractivity contribution in [3.05, 3.63) is 23.2 Å². The zero-order chi connectivity index (χ0) is 16.3. The Morgan fingerprint density at radius 1 is 1.36 bits per heavy atom. The van der Waals surface area contributed by atoms with Gasteiger partial charge in [0.25, 0.3) is 5.91 Å². The Morgan fingerprint density at radius 2 is 2.09 bits per heavy atom. The van der Waals surface area contributed by atoms with Crippen molar-refractivity contribution in [2.24, 2.45) is 11.8 Å². The number of aliphatic carboxylic acids is 1. The zero-order valence-corrected chi connectivity index (χ0v) is 13.6.